The molecule has 2 atom stereocenters. The Hall–Kier alpha value is -0.250. The Bertz CT molecular complexity index is 820. The van der Waals surface area contributed by atoms with Gasteiger partial charge in [0, 0.05) is 0 Å². The molecule has 7 heteroatoms. The van der Waals surface area contributed by atoms with Crippen molar-refractivity contribution in [2.45, 2.75) is 35.4 Å². The molecule has 3 heterocycles. The molecular weight excluding hydrogens is 551 g/mol. The molecule has 1 aliphatic carbocycles. The second-order valence-corrected chi connectivity index (χ2v) is 13.9. The van der Waals surface area contributed by atoms with Crippen LogP contribution in [0.15, 0.2) is 52.4 Å². The molecule has 176 valence electrons. The van der Waals surface area contributed by atoms with Gasteiger partial charge in [-0.2, -0.15) is 0 Å². The summed E-state index contributed by atoms with van der Waals surface area (Å²) < 4.78 is 4.09. The van der Waals surface area contributed by atoms with Crippen molar-refractivity contribution in [1.29, 1.82) is 0 Å². The fourth-order valence-corrected chi connectivity index (χ4v) is 9.21. The molecule has 0 amide bonds. The van der Waals surface area contributed by atoms with Crippen LogP contribution >= 0.6 is 23.4 Å². The number of thioether (sulfide) groups is 1. The first-order valence-corrected chi connectivity index (χ1v) is 15.9. The number of anilines is 1. The maximum absolute atomic E-state index is 6.40. The van der Waals surface area contributed by atoms with Crippen molar-refractivity contribution in [2.75, 3.05) is 68.2 Å². The number of rotatable bonds is 8. The molecule has 0 saturated carbocycles. The average Bonchev–Trinajstić information content (AvgIpc) is 3.33. The Morgan fingerprint density at radius 2 is 1.69 bits per heavy atom. The molecule has 1 aromatic rings. The van der Waals surface area contributed by atoms with Gasteiger partial charge >= 0.3 is 215 Å². The van der Waals surface area contributed by atoms with Gasteiger partial charge in [0.1, 0.15) is 0 Å². The summed E-state index contributed by atoms with van der Waals surface area (Å²) in [5.41, 5.74) is 1.39. The standard InChI is InChI=1S/C25H35ClIN4S/c26-21-8-9-25-23(20-21)31(22-6-1-2-7-24(22)32-25)15-10-27-30-18-16-29(17-19-30)14-5-13-28-11-3-4-12-28/h1-2,6-9,20,23,25H,3-5,10-19H2/q-1. The van der Waals surface area contributed by atoms with E-state index in [1.54, 1.807) is 0 Å². The van der Waals surface area contributed by atoms with Gasteiger partial charge in [-0.25, -0.2) is 0 Å². The van der Waals surface area contributed by atoms with Crippen LogP contribution in [0.1, 0.15) is 19.3 Å². The normalized spacial score (nSPS) is 26.9. The summed E-state index contributed by atoms with van der Waals surface area (Å²) in [7, 11) is 0. The maximum atomic E-state index is 6.40. The molecule has 4 nitrogen and oxygen atoms in total. The number of fused-ring (bicyclic) bond motifs is 2. The number of allylic oxidation sites excluding steroid dienone is 2. The van der Waals surface area contributed by atoms with Crippen molar-refractivity contribution in [1.82, 2.24) is 12.9 Å². The van der Waals surface area contributed by atoms with Gasteiger partial charge in [0.15, 0.2) is 0 Å². The molecule has 0 aromatic heterocycles. The SMILES string of the molecule is ClC1=CC2C(C=C1)Sc1ccccc1N2CC[I-]N1CCN(CCCN2CCCC2)CC1. The molecule has 0 radical (unpaired) electrons. The summed E-state index contributed by atoms with van der Waals surface area (Å²) in [6.45, 7) is 11.4. The van der Waals surface area contributed by atoms with E-state index in [0.29, 0.717) is 11.3 Å². The van der Waals surface area contributed by atoms with E-state index in [1.165, 1.54) is 86.6 Å². The van der Waals surface area contributed by atoms with Gasteiger partial charge in [-0.15, -0.1) is 0 Å². The molecule has 1 aromatic carbocycles. The molecular formula is C25H35ClIN4S-. The Morgan fingerprint density at radius 1 is 0.938 bits per heavy atom. The van der Waals surface area contributed by atoms with Gasteiger partial charge < -0.3 is 0 Å². The Labute approximate surface area is 213 Å². The van der Waals surface area contributed by atoms with E-state index in [0.717, 1.165) is 11.6 Å². The van der Waals surface area contributed by atoms with E-state index in [9.17, 15) is 0 Å². The minimum absolute atomic E-state index is 0.0866. The van der Waals surface area contributed by atoms with Gasteiger partial charge in [-0.05, 0) is 0 Å². The zero-order valence-electron chi connectivity index (χ0n) is 18.8. The quantitative estimate of drug-likeness (QED) is 0.257. The van der Waals surface area contributed by atoms with Crippen molar-refractivity contribution >= 4 is 29.1 Å². The molecule has 2 saturated heterocycles. The molecule has 32 heavy (non-hydrogen) atoms. The second kappa shape index (κ2) is 11.5. The number of benzene rings is 1. The Kier molecular flexibility index (Phi) is 8.41. The summed E-state index contributed by atoms with van der Waals surface area (Å²) in [4.78, 5) is 9.37. The number of piperazine rings is 1. The third kappa shape index (κ3) is 5.87. The summed E-state index contributed by atoms with van der Waals surface area (Å²) in [5.74, 6) is 0. The molecule has 2 unspecified atom stereocenters. The first-order chi connectivity index (χ1) is 15.8. The first kappa shape index (κ1) is 23.5. The van der Waals surface area contributed by atoms with Gasteiger partial charge in [-0.1, -0.05) is 0 Å². The fraction of sp³-hybridized carbons (Fsp3) is 0.600. The van der Waals surface area contributed by atoms with Gasteiger partial charge in [0.2, 0.25) is 0 Å². The van der Waals surface area contributed by atoms with Crippen molar-refractivity contribution < 1.29 is 21.5 Å². The number of halogens is 2. The summed E-state index contributed by atoms with van der Waals surface area (Å²) >= 11 is 8.47. The van der Waals surface area contributed by atoms with E-state index < -0.39 is 0 Å². The predicted molar refractivity (Wildman–Crippen MR) is 133 cm³/mol. The number of hydrogen-bond donors (Lipinski definition) is 0. The molecule has 2 fully saturated rings. The molecule has 3 aliphatic heterocycles. The number of nitrogens with zero attached hydrogens (tertiary/aromatic N) is 4. The van der Waals surface area contributed by atoms with E-state index in [4.69, 9.17) is 11.6 Å². The van der Waals surface area contributed by atoms with Crippen LogP contribution in [0.3, 0.4) is 0 Å². The van der Waals surface area contributed by atoms with E-state index in [1.807, 2.05) is 11.8 Å². The van der Waals surface area contributed by atoms with Crippen molar-refractivity contribution in [3.63, 3.8) is 0 Å². The third-order valence-electron chi connectivity index (χ3n) is 6.95. The van der Waals surface area contributed by atoms with Crippen molar-refractivity contribution in [3.05, 3.63) is 47.5 Å². The topological polar surface area (TPSA) is 13.0 Å². The average molecular weight is 586 g/mol. The third-order valence-corrected chi connectivity index (χ3v) is 11.4. The fourth-order valence-electron chi connectivity index (χ4n) is 5.20. The summed E-state index contributed by atoms with van der Waals surface area (Å²) in [5, 5.41) is 1.35. The molecule has 0 spiro atoms. The van der Waals surface area contributed by atoms with Crippen molar-refractivity contribution in [3.8, 4) is 0 Å². The number of para-hydroxylation sites is 1. The van der Waals surface area contributed by atoms with E-state index in [-0.39, 0.29) is 21.5 Å². The number of alkyl halides is 1. The minimum atomic E-state index is 0.0866. The monoisotopic (exact) mass is 585 g/mol. The van der Waals surface area contributed by atoms with Crippen LogP contribution in [0.5, 0.6) is 0 Å². The van der Waals surface area contributed by atoms with Crippen LogP contribution in [-0.4, -0.2) is 87.5 Å². The van der Waals surface area contributed by atoms with Crippen molar-refractivity contribution in [2.24, 2.45) is 0 Å². The van der Waals surface area contributed by atoms with Crippen LogP contribution < -0.4 is 26.4 Å². The number of hydrogen-bond acceptors (Lipinski definition) is 5. The predicted octanol–water partition coefficient (Wildman–Crippen LogP) is 1.14. The Balaban J connectivity index is 1.08. The molecule has 0 bridgehead atoms. The van der Waals surface area contributed by atoms with Gasteiger partial charge in [-0.3, -0.25) is 0 Å². The summed E-state index contributed by atoms with van der Waals surface area (Å²) in [6.07, 6.45) is 10.8. The second-order valence-electron chi connectivity index (χ2n) is 9.11. The molecule has 0 N–H and O–H groups in total. The van der Waals surface area contributed by atoms with Crippen LogP contribution in [0.25, 0.3) is 0 Å². The first-order valence-electron chi connectivity index (χ1n) is 12.1. The molecule has 5 rings (SSSR count). The van der Waals surface area contributed by atoms with Crippen LogP contribution in [0, 0.1) is 0 Å². The zero-order chi connectivity index (χ0) is 21.8. The zero-order valence-corrected chi connectivity index (χ0v) is 22.6. The number of likely N-dealkylation sites (tertiary alicyclic amines) is 1. The van der Waals surface area contributed by atoms with Crippen LogP contribution in [0.2, 0.25) is 0 Å². The van der Waals surface area contributed by atoms with Crippen LogP contribution in [-0.2, 0) is 0 Å². The van der Waals surface area contributed by atoms with Gasteiger partial charge in [0.05, 0.1) is 0 Å². The Morgan fingerprint density at radius 3 is 2.50 bits per heavy atom. The van der Waals surface area contributed by atoms with E-state index >= 15 is 0 Å². The van der Waals surface area contributed by atoms with Crippen LogP contribution in [0.4, 0.5) is 5.69 Å². The van der Waals surface area contributed by atoms with E-state index in [2.05, 4.69) is 60.3 Å². The molecule has 4 aliphatic rings. The summed E-state index contributed by atoms with van der Waals surface area (Å²) in [6, 6.07) is 9.28. The van der Waals surface area contributed by atoms with Gasteiger partial charge in [0.25, 0.3) is 0 Å².